The van der Waals surface area contributed by atoms with Crippen LogP contribution in [0.5, 0.6) is 0 Å². The van der Waals surface area contributed by atoms with E-state index in [9.17, 15) is 0 Å². The maximum Gasteiger partial charge on any atom is 0.221 e. The Morgan fingerprint density at radius 1 is 0.400 bits per heavy atom. The second kappa shape index (κ2) is 9.43. The Labute approximate surface area is 285 Å². The fourth-order valence-electron chi connectivity index (χ4n) is 8.66. The molecule has 3 heterocycles. The Balaban J connectivity index is 1.24. The van der Waals surface area contributed by atoms with Gasteiger partial charge in [-0.25, -0.2) is 9.97 Å². The van der Waals surface area contributed by atoms with Crippen molar-refractivity contribution in [2.75, 3.05) is 0 Å². The molecule has 0 N–H and O–H groups in total. The van der Waals surface area contributed by atoms with Crippen molar-refractivity contribution >= 4 is 92.5 Å². The Hall–Kier alpha value is -6.78. The second-order valence-electron chi connectivity index (χ2n) is 13.4. The molecule has 0 atom stereocenters. The maximum atomic E-state index is 5.42. The lowest BCUT2D eigenvalue weighted by atomic mass is 9.89. The van der Waals surface area contributed by atoms with Crippen LogP contribution in [-0.2, 0) is 0 Å². The third-order valence-electron chi connectivity index (χ3n) is 10.8. The van der Waals surface area contributed by atoms with Gasteiger partial charge >= 0.3 is 0 Å². The van der Waals surface area contributed by atoms with Crippen LogP contribution in [-0.4, -0.2) is 18.9 Å². The van der Waals surface area contributed by atoms with Gasteiger partial charge < -0.3 is 0 Å². The molecule has 0 spiro atoms. The lowest BCUT2D eigenvalue weighted by Gasteiger charge is -2.16. The SMILES string of the molecule is c1cc2ccc3cc(-c4cc5c6ccccc6n(-c6nc7ccccc7c7nc8ccccc8n67)c5c5ccccc45)cc4ccc(c1)c2c34. The van der Waals surface area contributed by atoms with E-state index in [1.807, 2.05) is 0 Å². The van der Waals surface area contributed by atoms with Crippen molar-refractivity contribution in [2.45, 2.75) is 0 Å². The molecule has 3 aromatic heterocycles. The minimum Gasteiger partial charge on any atom is -0.278 e. The lowest BCUT2D eigenvalue weighted by Crippen LogP contribution is -2.06. The van der Waals surface area contributed by atoms with Crippen molar-refractivity contribution in [1.82, 2.24) is 18.9 Å². The summed E-state index contributed by atoms with van der Waals surface area (Å²) in [5, 5.41) is 13.6. The van der Waals surface area contributed by atoms with Crippen molar-refractivity contribution < 1.29 is 0 Å². The topological polar surface area (TPSA) is 35.1 Å². The lowest BCUT2D eigenvalue weighted by molar-refractivity contribution is 0.982. The van der Waals surface area contributed by atoms with Gasteiger partial charge in [-0.1, -0.05) is 109 Å². The Morgan fingerprint density at radius 3 is 1.78 bits per heavy atom. The highest BCUT2D eigenvalue weighted by Gasteiger charge is 2.23. The first-order valence-electron chi connectivity index (χ1n) is 17.1. The first-order chi connectivity index (χ1) is 24.8. The van der Waals surface area contributed by atoms with Crippen LogP contribution >= 0.6 is 0 Å². The predicted molar refractivity (Wildman–Crippen MR) is 209 cm³/mol. The minimum absolute atomic E-state index is 0.833. The molecule has 4 heteroatoms. The Kier molecular flexibility index (Phi) is 4.94. The number of para-hydroxylation sites is 4. The Bertz CT molecular complexity index is 3320. The van der Waals surface area contributed by atoms with E-state index in [1.54, 1.807) is 0 Å². The molecule has 0 unspecified atom stereocenters. The van der Waals surface area contributed by atoms with E-state index in [-0.39, 0.29) is 0 Å². The van der Waals surface area contributed by atoms with Gasteiger partial charge in [-0.2, -0.15) is 0 Å². The monoisotopic (exact) mass is 634 g/mol. The molecule has 12 aromatic rings. The molecule has 9 aromatic carbocycles. The molecule has 230 valence electrons. The summed E-state index contributed by atoms with van der Waals surface area (Å²) in [6.45, 7) is 0. The number of hydrogen-bond acceptors (Lipinski definition) is 2. The molecule has 0 amide bonds. The highest BCUT2D eigenvalue weighted by Crippen LogP contribution is 2.44. The molecule has 0 saturated heterocycles. The number of rotatable bonds is 2. The van der Waals surface area contributed by atoms with Crippen molar-refractivity contribution in [3.63, 3.8) is 0 Å². The highest BCUT2D eigenvalue weighted by molar-refractivity contribution is 6.26. The highest BCUT2D eigenvalue weighted by atomic mass is 15.2. The van der Waals surface area contributed by atoms with E-state index < -0.39 is 0 Å². The molecule has 4 nitrogen and oxygen atoms in total. The fourth-order valence-corrected chi connectivity index (χ4v) is 8.66. The van der Waals surface area contributed by atoms with Gasteiger partial charge in [-0.05, 0) is 97.4 Å². The van der Waals surface area contributed by atoms with Gasteiger partial charge in [-0.15, -0.1) is 0 Å². The third kappa shape index (κ3) is 3.34. The summed E-state index contributed by atoms with van der Waals surface area (Å²) in [6.07, 6.45) is 0. The normalized spacial score (nSPS) is 12.4. The zero-order valence-corrected chi connectivity index (χ0v) is 26.8. The molecule has 0 aliphatic heterocycles. The molecule has 0 saturated carbocycles. The Morgan fingerprint density at radius 2 is 1.00 bits per heavy atom. The van der Waals surface area contributed by atoms with Crippen LogP contribution in [0.25, 0.3) is 110 Å². The minimum atomic E-state index is 0.833. The van der Waals surface area contributed by atoms with Gasteiger partial charge in [0, 0.05) is 21.5 Å². The van der Waals surface area contributed by atoms with E-state index in [4.69, 9.17) is 9.97 Å². The van der Waals surface area contributed by atoms with E-state index in [1.165, 1.54) is 65.0 Å². The number of nitrogens with zero attached hydrogens (tertiary/aromatic N) is 4. The van der Waals surface area contributed by atoms with Gasteiger partial charge in [0.15, 0.2) is 0 Å². The van der Waals surface area contributed by atoms with Crippen LogP contribution in [0.1, 0.15) is 0 Å². The average Bonchev–Trinajstić information content (AvgIpc) is 3.73. The number of benzene rings is 9. The summed E-state index contributed by atoms with van der Waals surface area (Å²) >= 11 is 0. The van der Waals surface area contributed by atoms with Crippen molar-refractivity contribution in [3.8, 4) is 17.1 Å². The number of hydrogen-bond donors (Lipinski definition) is 0. The van der Waals surface area contributed by atoms with Crippen LogP contribution < -0.4 is 0 Å². The second-order valence-corrected chi connectivity index (χ2v) is 13.4. The van der Waals surface area contributed by atoms with Gasteiger partial charge in [0.05, 0.1) is 27.6 Å². The van der Waals surface area contributed by atoms with Crippen LogP contribution in [0.2, 0.25) is 0 Å². The van der Waals surface area contributed by atoms with Crippen LogP contribution in [0.3, 0.4) is 0 Å². The molecule has 0 aliphatic carbocycles. The standard InChI is InChI=1S/C46H26N4/c1-2-14-34-32(12-1)36(31-24-29-22-20-27-10-9-11-28-21-23-30(25-31)43(29)42(27)28)26-37-33-13-4-7-18-40(33)49(44(34)37)46-48-38-16-5-3-15-35(38)45-47-39-17-6-8-19-41(39)50(45)46/h1-26H. The van der Waals surface area contributed by atoms with Crippen molar-refractivity contribution in [3.05, 3.63) is 158 Å². The van der Waals surface area contributed by atoms with E-state index >= 15 is 0 Å². The summed E-state index contributed by atoms with van der Waals surface area (Å²) in [5.74, 6) is 0.833. The molecular weight excluding hydrogens is 609 g/mol. The van der Waals surface area contributed by atoms with Crippen LogP contribution in [0.15, 0.2) is 158 Å². The molecule has 50 heavy (non-hydrogen) atoms. The summed E-state index contributed by atoms with van der Waals surface area (Å²) in [6, 6.07) is 57.2. The average molecular weight is 635 g/mol. The van der Waals surface area contributed by atoms with E-state index in [2.05, 4.69) is 167 Å². The van der Waals surface area contributed by atoms with Crippen molar-refractivity contribution in [2.24, 2.45) is 0 Å². The van der Waals surface area contributed by atoms with Crippen molar-refractivity contribution in [1.29, 1.82) is 0 Å². The quantitative estimate of drug-likeness (QED) is 0.177. The van der Waals surface area contributed by atoms with Crippen LogP contribution in [0, 0.1) is 0 Å². The van der Waals surface area contributed by atoms with E-state index in [0.717, 1.165) is 44.6 Å². The third-order valence-corrected chi connectivity index (χ3v) is 10.8. The summed E-state index contributed by atoms with van der Waals surface area (Å²) in [7, 11) is 0. The number of aromatic nitrogens is 4. The largest absolute Gasteiger partial charge is 0.278 e. The maximum absolute atomic E-state index is 5.42. The molecule has 0 radical (unpaired) electrons. The van der Waals surface area contributed by atoms with Gasteiger partial charge in [-0.3, -0.25) is 8.97 Å². The number of fused-ring (bicyclic) bond motifs is 10. The summed E-state index contributed by atoms with van der Waals surface area (Å²) in [5.41, 5.74) is 8.53. The first kappa shape index (κ1) is 26.2. The van der Waals surface area contributed by atoms with Gasteiger partial charge in [0.2, 0.25) is 5.95 Å². The zero-order valence-electron chi connectivity index (χ0n) is 26.8. The first-order valence-corrected chi connectivity index (χ1v) is 17.1. The van der Waals surface area contributed by atoms with E-state index in [0.29, 0.717) is 0 Å². The summed E-state index contributed by atoms with van der Waals surface area (Å²) in [4.78, 5) is 10.6. The smallest absolute Gasteiger partial charge is 0.221 e. The molecule has 0 bridgehead atoms. The number of imidazole rings is 1. The predicted octanol–water partition coefficient (Wildman–Crippen LogP) is 11.9. The molecular formula is C46H26N4. The van der Waals surface area contributed by atoms with Crippen LogP contribution in [0.4, 0.5) is 0 Å². The molecule has 0 aliphatic rings. The zero-order chi connectivity index (χ0) is 32.5. The van der Waals surface area contributed by atoms with Gasteiger partial charge in [0.1, 0.15) is 5.65 Å². The molecule has 0 fully saturated rings. The summed E-state index contributed by atoms with van der Waals surface area (Å²) < 4.78 is 4.61. The molecule has 12 rings (SSSR count). The fraction of sp³-hybridized carbons (Fsp3) is 0. The van der Waals surface area contributed by atoms with Gasteiger partial charge in [0.25, 0.3) is 0 Å².